The first-order chi connectivity index (χ1) is 9.72. The zero-order valence-corrected chi connectivity index (χ0v) is 13.4. The highest BCUT2D eigenvalue weighted by Gasteiger charge is 2.04. The Bertz CT molecular complexity index is 372. The van der Waals surface area contributed by atoms with Gasteiger partial charge in [-0.2, -0.15) is 0 Å². The Balaban J connectivity index is 2.43. The summed E-state index contributed by atoms with van der Waals surface area (Å²) in [5.74, 6) is 0. The lowest BCUT2D eigenvalue weighted by Gasteiger charge is -2.22. The summed E-state index contributed by atoms with van der Waals surface area (Å²) in [7, 11) is 0. The third-order valence-corrected chi connectivity index (χ3v) is 3.78. The predicted octanol–water partition coefficient (Wildman–Crippen LogP) is 3.77. The third kappa shape index (κ3) is 5.41. The Morgan fingerprint density at radius 1 is 1.05 bits per heavy atom. The minimum absolute atomic E-state index is 0.819. The van der Waals surface area contributed by atoms with Crippen LogP contribution in [0.5, 0.6) is 0 Å². The van der Waals surface area contributed by atoms with Crippen LogP contribution in [0.1, 0.15) is 45.1 Å². The third-order valence-electron chi connectivity index (χ3n) is 3.78. The molecule has 0 unspecified atom stereocenters. The Morgan fingerprint density at radius 3 is 2.35 bits per heavy atom. The Labute approximate surface area is 124 Å². The van der Waals surface area contributed by atoms with Gasteiger partial charge in [-0.05, 0) is 63.9 Å². The predicted molar refractivity (Wildman–Crippen MR) is 90.8 cm³/mol. The number of unbranched alkanes of at least 4 members (excludes halogenated alkanes) is 3. The fourth-order valence-corrected chi connectivity index (χ4v) is 2.48. The Kier molecular flexibility index (Phi) is 8.12. The number of nitrogens with two attached hydrogens (primary N) is 1. The Hall–Kier alpha value is -1.22. The molecule has 3 heteroatoms. The van der Waals surface area contributed by atoms with Crippen LogP contribution >= 0.6 is 0 Å². The zero-order valence-electron chi connectivity index (χ0n) is 13.4. The van der Waals surface area contributed by atoms with E-state index in [4.69, 9.17) is 5.73 Å². The van der Waals surface area contributed by atoms with Crippen molar-refractivity contribution >= 4 is 11.4 Å². The summed E-state index contributed by atoms with van der Waals surface area (Å²) in [6, 6.07) is 6.71. The van der Waals surface area contributed by atoms with Crippen molar-refractivity contribution in [3.8, 4) is 0 Å². The molecule has 1 aromatic rings. The second kappa shape index (κ2) is 9.65. The monoisotopic (exact) mass is 277 g/mol. The largest absolute Gasteiger partial charge is 0.385 e. The van der Waals surface area contributed by atoms with E-state index in [1.54, 1.807) is 0 Å². The van der Waals surface area contributed by atoms with Gasteiger partial charge in [-0.3, -0.25) is 0 Å². The fourth-order valence-electron chi connectivity index (χ4n) is 2.48. The van der Waals surface area contributed by atoms with Crippen molar-refractivity contribution in [2.45, 2.75) is 46.5 Å². The fraction of sp³-hybridized carbons (Fsp3) is 0.647. The normalized spacial score (nSPS) is 10.6. The standard InChI is InChI=1S/C17H31N3/c1-4-20(5-2)16-10-11-17(15(3)14-16)19-13-9-7-6-8-12-18/h10-11,14,19H,4-9,12-13,18H2,1-3H3. The summed E-state index contributed by atoms with van der Waals surface area (Å²) in [5.41, 5.74) is 9.41. The van der Waals surface area contributed by atoms with Gasteiger partial charge in [0.2, 0.25) is 0 Å². The van der Waals surface area contributed by atoms with Crippen LogP contribution in [0.3, 0.4) is 0 Å². The van der Waals surface area contributed by atoms with Gasteiger partial charge in [0.1, 0.15) is 0 Å². The molecule has 0 spiro atoms. The SMILES string of the molecule is CCN(CC)c1ccc(NCCCCCCN)c(C)c1. The van der Waals surface area contributed by atoms with E-state index in [9.17, 15) is 0 Å². The Morgan fingerprint density at radius 2 is 1.75 bits per heavy atom. The van der Waals surface area contributed by atoms with Crippen LogP contribution in [0.4, 0.5) is 11.4 Å². The van der Waals surface area contributed by atoms with Gasteiger partial charge in [0.05, 0.1) is 0 Å². The molecule has 0 fully saturated rings. The molecule has 0 saturated carbocycles. The number of hydrogen-bond acceptors (Lipinski definition) is 3. The van der Waals surface area contributed by atoms with Crippen molar-refractivity contribution in [1.29, 1.82) is 0 Å². The first kappa shape index (κ1) is 16.8. The second-order valence-electron chi connectivity index (χ2n) is 5.30. The molecule has 0 saturated heterocycles. The van der Waals surface area contributed by atoms with E-state index in [0.717, 1.165) is 32.6 Å². The van der Waals surface area contributed by atoms with E-state index in [1.165, 1.54) is 36.2 Å². The van der Waals surface area contributed by atoms with Crippen molar-refractivity contribution in [2.24, 2.45) is 5.73 Å². The first-order valence-electron chi connectivity index (χ1n) is 8.02. The van der Waals surface area contributed by atoms with Crippen molar-refractivity contribution in [1.82, 2.24) is 0 Å². The molecule has 1 rings (SSSR count). The van der Waals surface area contributed by atoms with Crippen LogP contribution in [0, 0.1) is 6.92 Å². The van der Waals surface area contributed by atoms with Gasteiger partial charge in [-0.25, -0.2) is 0 Å². The second-order valence-corrected chi connectivity index (χ2v) is 5.30. The number of aryl methyl sites for hydroxylation is 1. The highest BCUT2D eigenvalue weighted by Crippen LogP contribution is 2.22. The van der Waals surface area contributed by atoms with E-state index < -0.39 is 0 Å². The molecule has 114 valence electrons. The van der Waals surface area contributed by atoms with Crippen LogP contribution in [-0.4, -0.2) is 26.2 Å². The minimum Gasteiger partial charge on any atom is -0.385 e. The van der Waals surface area contributed by atoms with Crippen LogP contribution in [0.25, 0.3) is 0 Å². The molecule has 0 aromatic heterocycles. The maximum atomic E-state index is 5.50. The molecule has 0 heterocycles. The van der Waals surface area contributed by atoms with Crippen molar-refractivity contribution < 1.29 is 0 Å². The molecule has 3 nitrogen and oxygen atoms in total. The maximum Gasteiger partial charge on any atom is 0.0371 e. The zero-order chi connectivity index (χ0) is 14.8. The van der Waals surface area contributed by atoms with E-state index in [2.05, 4.69) is 49.2 Å². The highest BCUT2D eigenvalue weighted by molar-refractivity contribution is 5.60. The van der Waals surface area contributed by atoms with E-state index in [0.29, 0.717) is 0 Å². The number of anilines is 2. The van der Waals surface area contributed by atoms with Crippen LogP contribution in [-0.2, 0) is 0 Å². The number of nitrogens with zero attached hydrogens (tertiary/aromatic N) is 1. The van der Waals surface area contributed by atoms with Crippen molar-refractivity contribution in [2.75, 3.05) is 36.4 Å². The molecule has 1 aromatic carbocycles. The van der Waals surface area contributed by atoms with Crippen molar-refractivity contribution in [3.05, 3.63) is 23.8 Å². The van der Waals surface area contributed by atoms with Gasteiger partial charge >= 0.3 is 0 Å². The molecular formula is C17H31N3. The quantitative estimate of drug-likeness (QED) is 0.640. The average Bonchev–Trinajstić information content (AvgIpc) is 2.46. The lowest BCUT2D eigenvalue weighted by molar-refractivity contribution is 0.661. The molecule has 0 amide bonds. The highest BCUT2D eigenvalue weighted by atomic mass is 15.1. The summed E-state index contributed by atoms with van der Waals surface area (Å²) in [4.78, 5) is 2.38. The lowest BCUT2D eigenvalue weighted by atomic mass is 10.1. The van der Waals surface area contributed by atoms with E-state index in [1.807, 2.05) is 0 Å². The number of benzene rings is 1. The molecule has 0 aliphatic heterocycles. The smallest absolute Gasteiger partial charge is 0.0371 e. The summed E-state index contributed by atoms with van der Waals surface area (Å²) in [6.45, 7) is 10.6. The van der Waals surface area contributed by atoms with Crippen molar-refractivity contribution in [3.63, 3.8) is 0 Å². The van der Waals surface area contributed by atoms with Gasteiger partial charge in [-0.1, -0.05) is 12.8 Å². The van der Waals surface area contributed by atoms with E-state index >= 15 is 0 Å². The number of nitrogens with one attached hydrogen (secondary N) is 1. The van der Waals surface area contributed by atoms with Crippen LogP contribution in [0.2, 0.25) is 0 Å². The number of rotatable bonds is 10. The molecule has 0 atom stereocenters. The molecule has 20 heavy (non-hydrogen) atoms. The van der Waals surface area contributed by atoms with Gasteiger partial charge < -0.3 is 16.0 Å². The molecule has 0 radical (unpaired) electrons. The molecule has 0 aliphatic rings. The average molecular weight is 277 g/mol. The molecule has 0 bridgehead atoms. The molecular weight excluding hydrogens is 246 g/mol. The van der Waals surface area contributed by atoms with Gasteiger partial charge in [0, 0.05) is 31.0 Å². The maximum absolute atomic E-state index is 5.50. The summed E-state index contributed by atoms with van der Waals surface area (Å²) < 4.78 is 0. The van der Waals surface area contributed by atoms with Gasteiger partial charge in [0.15, 0.2) is 0 Å². The van der Waals surface area contributed by atoms with Crippen LogP contribution in [0.15, 0.2) is 18.2 Å². The van der Waals surface area contributed by atoms with Gasteiger partial charge in [-0.15, -0.1) is 0 Å². The summed E-state index contributed by atoms with van der Waals surface area (Å²) >= 11 is 0. The summed E-state index contributed by atoms with van der Waals surface area (Å²) in [6.07, 6.45) is 4.88. The molecule has 0 aliphatic carbocycles. The topological polar surface area (TPSA) is 41.3 Å². The summed E-state index contributed by atoms with van der Waals surface area (Å²) in [5, 5.41) is 3.54. The van der Waals surface area contributed by atoms with E-state index in [-0.39, 0.29) is 0 Å². The van der Waals surface area contributed by atoms with Gasteiger partial charge in [0.25, 0.3) is 0 Å². The molecule has 3 N–H and O–H groups in total. The van der Waals surface area contributed by atoms with Crippen LogP contribution < -0.4 is 16.0 Å². The first-order valence-corrected chi connectivity index (χ1v) is 8.02. The lowest BCUT2D eigenvalue weighted by Crippen LogP contribution is -2.21. The number of hydrogen-bond donors (Lipinski definition) is 2. The minimum atomic E-state index is 0.819.